The van der Waals surface area contributed by atoms with Gasteiger partial charge in [0.2, 0.25) is 0 Å². The molecule has 1 aliphatic carbocycles. The molecule has 0 aliphatic heterocycles. The zero-order chi connectivity index (χ0) is 26.8. The van der Waals surface area contributed by atoms with Gasteiger partial charge < -0.3 is 4.98 Å². The van der Waals surface area contributed by atoms with Crippen molar-refractivity contribution in [3.63, 3.8) is 0 Å². The number of nitrogens with zero attached hydrogens (tertiary/aromatic N) is 4. The van der Waals surface area contributed by atoms with Gasteiger partial charge in [0.25, 0.3) is 0 Å². The number of benzene rings is 1. The normalized spacial score (nSPS) is 15.3. The lowest BCUT2D eigenvalue weighted by Gasteiger charge is -2.21. The van der Waals surface area contributed by atoms with Crippen molar-refractivity contribution >= 4 is 29.3 Å². The van der Waals surface area contributed by atoms with E-state index < -0.39 is 0 Å². The SMILES string of the molecule is C=c1c(-c2nc3c(-c4cccc(F)c4)nccc3[nH]2)n[nH]/c1=C/C=C(\C)c1cncc(CC2CCCCC2)c1. The van der Waals surface area contributed by atoms with Crippen LogP contribution in [0.25, 0.3) is 52.0 Å². The quantitative estimate of drug-likeness (QED) is 0.290. The van der Waals surface area contributed by atoms with Crippen LogP contribution in [0, 0.1) is 11.7 Å². The van der Waals surface area contributed by atoms with Crippen LogP contribution in [0.4, 0.5) is 4.39 Å². The standard InChI is InChI=1S/C32H31FN6/c1-20(25-16-23(18-34-19-25)15-22-7-4-3-5-8-22)11-12-27-21(2)29(39-38-27)32-36-28-13-14-35-30(31(28)37-32)24-9-6-10-26(33)17-24/h6,9-14,16-19,22,38H,2-5,7-8,15H2,1H3,(H,36,37)/b20-11+,27-12+. The third-order valence-corrected chi connectivity index (χ3v) is 7.62. The van der Waals surface area contributed by atoms with Crippen LogP contribution in [0.1, 0.15) is 50.2 Å². The number of aromatic amines is 2. The summed E-state index contributed by atoms with van der Waals surface area (Å²) in [5, 5.41) is 9.13. The molecule has 7 heteroatoms. The number of fused-ring (bicyclic) bond motifs is 1. The van der Waals surface area contributed by atoms with Crippen LogP contribution in [0.15, 0.2) is 61.1 Å². The lowest BCUT2D eigenvalue weighted by molar-refractivity contribution is 0.356. The second kappa shape index (κ2) is 10.8. The van der Waals surface area contributed by atoms with Gasteiger partial charge in [0.05, 0.1) is 16.6 Å². The summed E-state index contributed by atoms with van der Waals surface area (Å²) in [6.45, 7) is 6.35. The molecule has 4 aromatic heterocycles. The van der Waals surface area contributed by atoms with Crippen LogP contribution in [0.5, 0.6) is 0 Å². The molecule has 196 valence electrons. The molecule has 5 aromatic rings. The number of rotatable bonds is 6. The van der Waals surface area contributed by atoms with Crippen LogP contribution >= 0.6 is 0 Å². The molecule has 0 bridgehead atoms. The van der Waals surface area contributed by atoms with E-state index in [2.05, 4.69) is 50.8 Å². The molecule has 0 atom stereocenters. The maximum atomic E-state index is 13.8. The van der Waals surface area contributed by atoms with Crippen LogP contribution in [-0.2, 0) is 6.42 Å². The Bertz CT molecular complexity index is 1770. The minimum absolute atomic E-state index is 0.315. The highest BCUT2D eigenvalue weighted by Crippen LogP contribution is 2.28. The average Bonchev–Trinajstić information content (AvgIpc) is 3.55. The third kappa shape index (κ3) is 5.30. The van der Waals surface area contributed by atoms with E-state index >= 15 is 0 Å². The molecule has 1 fully saturated rings. The minimum Gasteiger partial charge on any atom is -0.336 e. The molecular weight excluding hydrogens is 487 g/mol. The van der Waals surface area contributed by atoms with Gasteiger partial charge in [-0.2, -0.15) is 5.10 Å². The molecule has 6 nitrogen and oxygen atoms in total. The molecule has 0 unspecified atom stereocenters. The summed E-state index contributed by atoms with van der Waals surface area (Å²) in [6, 6.07) is 10.5. The van der Waals surface area contributed by atoms with E-state index in [0.717, 1.165) is 39.6 Å². The smallest absolute Gasteiger partial charge is 0.159 e. The van der Waals surface area contributed by atoms with Gasteiger partial charge in [0.15, 0.2) is 5.82 Å². The van der Waals surface area contributed by atoms with Crippen molar-refractivity contribution < 1.29 is 4.39 Å². The fraction of sp³-hybridized carbons (Fsp3) is 0.250. The predicted octanol–water partition coefficient (Wildman–Crippen LogP) is 5.97. The Morgan fingerprint density at radius 3 is 2.82 bits per heavy atom. The number of imidazole rings is 1. The number of hydrogen-bond acceptors (Lipinski definition) is 4. The highest BCUT2D eigenvalue weighted by Gasteiger charge is 2.15. The van der Waals surface area contributed by atoms with Crippen molar-refractivity contribution in [3.8, 4) is 22.8 Å². The van der Waals surface area contributed by atoms with Gasteiger partial charge in [-0.05, 0) is 66.3 Å². The molecular formula is C32H31FN6. The van der Waals surface area contributed by atoms with Crippen molar-refractivity contribution in [2.45, 2.75) is 45.4 Å². The lowest BCUT2D eigenvalue weighted by Crippen LogP contribution is -2.21. The molecule has 0 spiro atoms. The summed E-state index contributed by atoms with van der Waals surface area (Å²) >= 11 is 0. The molecule has 1 aliphatic rings. The van der Waals surface area contributed by atoms with Crippen molar-refractivity contribution in [1.82, 2.24) is 30.1 Å². The van der Waals surface area contributed by atoms with Gasteiger partial charge >= 0.3 is 0 Å². The van der Waals surface area contributed by atoms with Gasteiger partial charge in [-0.3, -0.25) is 15.1 Å². The van der Waals surface area contributed by atoms with Crippen LogP contribution < -0.4 is 10.6 Å². The van der Waals surface area contributed by atoms with Crippen molar-refractivity contribution in [2.24, 2.45) is 5.92 Å². The van der Waals surface area contributed by atoms with Crippen molar-refractivity contribution in [3.05, 3.63) is 88.6 Å². The van der Waals surface area contributed by atoms with E-state index in [4.69, 9.17) is 4.98 Å². The van der Waals surface area contributed by atoms with Gasteiger partial charge in [0, 0.05) is 29.4 Å². The summed E-state index contributed by atoms with van der Waals surface area (Å²) < 4.78 is 13.8. The Morgan fingerprint density at radius 2 is 1.97 bits per heavy atom. The number of nitrogens with one attached hydrogen (secondary N) is 2. The van der Waals surface area contributed by atoms with Crippen molar-refractivity contribution in [1.29, 1.82) is 0 Å². The van der Waals surface area contributed by atoms with Gasteiger partial charge in [-0.25, -0.2) is 9.37 Å². The van der Waals surface area contributed by atoms with Crippen molar-refractivity contribution in [2.75, 3.05) is 0 Å². The number of H-pyrrole nitrogens is 2. The van der Waals surface area contributed by atoms with E-state index in [9.17, 15) is 4.39 Å². The third-order valence-electron chi connectivity index (χ3n) is 7.62. The zero-order valence-electron chi connectivity index (χ0n) is 22.0. The number of pyridine rings is 2. The molecule has 1 aromatic carbocycles. The van der Waals surface area contributed by atoms with E-state index in [1.165, 1.54) is 49.8 Å². The van der Waals surface area contributed by atoms with Crippen LogP contribution in [-0.4, -0.2) is 30.1 Å². The molecule has 2 N–H and O–H groups in total. The first-order valence-electron chi connectivity index (χ1n) is 13.5. The summed E-state index contributed by atoms with van der Waals surface area (Å²) in [4.78, 5) is 17.1. The molecule has 0 amide bonds. The van der Waals surface area contributed by atoms with Crippen LogP contribution in [0.3, 0.4) is 0 Å². The van der Waals surface area contributed by atoms with E-state index in [-0.39, 0.29) is 5.82 Å². The number of aromatic nitrogens is 6. The molecule has 0 radical (unpaired) electrons. The molecule has 4 heterocycles. The minimum atomic E-state index is -0.315. The second-order valence-corrected chi connectivity index (χ2v) is 10.4. The summed E-state index contributed by atoms with van der Waals surface area (Å²) in [6.07, 6.45) is 17.5. The van der Waals surface area contributed by atoms with E-state index in [1.807, 2.05) is 30.6 Å². The first-order valence-corrected chi connectivity index (χ1v) is 13.5. The average molecular weight is 519 g/mol. The monoisotopic (exact) mass is 518 g/mol. The van der Waals surface area contributed by atoms with Gasteiger partial charge in [0.1, 0.15) is 17.0 Å². The molecule has 6 rings (SSSR count). The summed E-state index contributed by atoms with van der Waals surface area (Å²) in [7, 11) is 0. The van der Waals surface area contributed by atoms with E-state index in [0.29, 0.717) is 28.3 Å². The topological polar surface area (TPSA) is 83.1 Å². The summed E-state index contributed by atoms with van der Waals surface area (Å²) in [5.74, 6) is 1.05. The highest BCUT2D eigenvalue weighted by molar-refractivity contribution is 5.91. The fourth-order valence-electron chi connectivity index (χ4n) is 5.45. The Kier molecular flexibility index (Phi) is 6.88. The molecule has 39 heavy (non-hydrogen) atoms. The number of allylic oxidation sites excluding steroid dienone is 2. The molecule has 1 saturated carbocycles. The maximum absolute atomic E-state index is 13.8. The first-order chi connectivity index (χ1) is 19.0. The Labute approximate surface area is 226 Å². The zero-order valence-corrected chi connectivity index (χ0v) is 22.0. The van der Waals surface area contributed by atoms with Gasteiger partial charge in [-0.1, -0.05) is 56.9 Å². The Morgan fingerprint density at radius 1 is 1.10 bits per heavy atom. The largest absolute Gasteiger partial charge is 0.336 e. The maximum Gasteiger partial charge on any atom is 0.159 e. The summed E-state index contributed by atoms with van der Waals surface area (Å²) in [5.41, 5.74) is 6.92. The Hall–Kier alpha value is -4.39. The fourth-order valence-corrected chi connectivity index (χ4v) is 5.45. The second-order valence-electron chi connectivity index (χ2n) is 10.4. The first kappa shape index (κ1) is 24.9. The van der Waals surface area contributed by atoms with Gasteiger partial charge in [-0.15, -0.1) is 0 Å². The van der Waals surface area contributed by atoms with Crippen LogP contribution in [0.2, 0.25) is 0 Å². The Balaban J connectivity index is 1.27. The van der Waals surface area contributed by atoms with E-state index in [1.54, 1.807) is 12.3 Å². The number of hydrogen-bond donors (Lipinski definition) is 2. The predicted molar refractivity (Wildman–Crippen MR) is 154 cm³/mol. The lowest BCUT2D eigenvalue weighted by atomic mass is 9.85. The number of halogens is 1. The highest BCUT2D eigenvalue weighted by atomic mass is 19.1. The molecule has 0 saturated heterocycles.